The third-order valence-electron chi connectivity index (χ3n) is 2.12. The fourth-order valence-electron chi connectivity index (χ4n) is 1.33. The van der Waals surface area contributed by atoms with Crippen molar-refractivity contribution in [1.82, 2.24) is 9.88 Å². The first-order valence-electron chi connectivity index (χ1n) is 4.94. The Morgan fingerprint density at radius 3 is 2.88 bits per heavy atom. The second-order valence-electron chi connectivity index (χ2n) is 3.29. The Morgan fingerprint density at radius 1 is 1.71 bits per heavy atom. The molecular formula is C10H13N3O4. The summed E-state index contributed by atoms with van der Waals surface area (Å²) < 4.78 is 0. The Hall–Kier alpha value is -2.15. The van der Waals surface area contributed by atoms with Crippen molar-refractivity contribution in [3.05, 3.63) is 40.7 Å². The SMILES string of the molecule is C=CCN(CCO)C(=O)c1cc([N+](=O)[O-])c[nH]1. The molecule has 2 N–H and O–H groups in total. The zero-order valence-electron chi connectivity index (χ0n) is 9.13. The highest BCUT2D eigenvalue weighted by molar-refractivity contribution is 5.93. The molecule has 0 saturated carbocycles. The van der Waals surface area contributed by atoms with Gasteiger partial charge in [0.25, 0.3) is 11.6 Å². The smallest absolute Gasteiger partial charge is 0.287 e. The van der Waals surface area contributed by atoms with Crippen molar-refractivity contribution in [3.8, 4) is 0 Å². The predicted molar refractivity (Wildman–Crippen MR) is 60.6 cm³/mol. The second-order valence-corrected chi connectivity index (χ2v) is 3.29. The number of H-pyrrole nitrogens is 1. The third-order valence-corrected chi connectivity index (χ3v) is 2.12. The molecule has 1 rings (SSSR count). The molecule has 1 heterocycles. The molecule has 1 aromatic rings. The number of nitrogens with zero attached hydrogens (tertiary/aromatic N) is 2. The van der Waals surface area contributed by atoms with Gasteiger partial charge in [-0.1, -0.05) is 6.08 Å². The van der Waals surface area contributed by atoms with Crippen LogP contribution in [0.3, 0.4) is 0 Å². The maximum absolute atomic E-state index is 11.9. The van der Waals surface area contributed by atoms with Gasteiger partial charge >= 0.3 is 0 Å². The predicted octanol–water partition coefficient (Wildman–Crippen LogP) is 0.543. The molecule has 0 aliphatic rings. The number of carbonyl (C=O) groups excluding carboxylic acids is 1. The Kier molecular flexibility index (Phi) is 4.41. The highest BCUT2D eigenvalue weighted by atomic mass is 16.6. The van der Waals surface area contributed by atoms with Gasteiger partial charge in [-0.2, -0.15) is 0 Å². The van der Waals surface area contributed by atoms with Gasteiger partial charge in [0.15, 0.2) is 0 Å². The van der Waals surface area contributed by atoms with E-state index in [4.69, 9.17) is 5.11 Å². The van der Waals surface area contributed by atoms with E-state index in [1.165, 1.54) is 11.0 Å². The van der Waals surface area contributed by atoms with E-state index in [0.717, 1.165) is 12.3 Å². The van der Waals surface area contributed by atoms with Crippen LogP contribution in [0.4, 0.5) is 5.69 Å². The van der Waals surface area contributed by atoms with Crippen LogP contribution in [0.1, 0.15) is 10.5 Å². The highest BCUT2D eigenvalue weighted by Crippen LogP contribution is 2.13. The summed E-state index contributed by atoms with van der Waals surface area (Å²) in [7, 11) is 0. The van der Waals surface area contributed by atoms with Crippen LogP contribution in [-0.2, 0) is 0 Å². The number of carbonyl (C=O) groups is 1. The van der Waals surface area contributed by atoms with Crippen molar-refractivity contribution >= 4 is 11.6 Å². The summed E-state index contributed by atoms with van der Waals surface area (Å²) in [5.74, 6) is -0.410. The number of nitro groups is 1. The normalized spacial score (nSPS) is 9.94. The zero-order valence-corrected chi connectivity index (χ0v) is 9.13. The van der Waals surface area contributed by atoms with Crippen molar-refractivity contribution in [3.63, 3.8) is 0 Å². The van der Waals surface area contributed by atoms with Gasteiger partial charge in [0.05, 0.1) is 17.7 Å². The summed E-state index contributed by atoms with van der Waals surface area (Å²) in [5.41, 5.74) is -0.0529. The number of aliphatic hydroxyl groups is 1. The van der Waals surface area contributed by atoms with E-state index in [2.05, 4.69) is 11.6 Å². The number of hydrogen-bond donors (Lipinski definition) is 2. The first-order valence-corrected chi connectivity index (χ1v) is 4.94. The highest BCUT2D eigenvalue weighted by Gasteiger charge is 2.18. The van der Waals surface area contributed by atoms with Crippen LogP contribution in [0.2, 0.25) is 0 Å². The lowest BCUT2D eigenvalue weighted by Crippen LogP contribution is -2.33. The lowest BCUT2D eigenvalue weighted by molar-refractivity contribution is -0.384. The molecule has 92 valence electrons. The van der Waals surface area contributed by atoms with Gasteiger partial charge < -0.3 is 15.0 Å². The fourth-order valence-corrected chi connectivity index (χ4v) is 1.33. The van der Waals surface area contributed by atoms with Crippen LogP contribution in [0.15, 0.2) is 24.9 Å². The average Bonchev–Trinajstić information content (AvgIpc) is 2.77. The third kappa shape index (κ3) is 3.15. The van der Waals surface area contributed by atoms with E-state index in [-0.39, 0.29) is 31.1 Å². The van der Waals surface area contributed by atoms with Gasteiger partial charge in [-0.15, -0.1) is 6.58 Å². The largest absolute Gasteiger partial charge is 0.395 e. The minimum absolute atomic E-state index is 0.118. The molecule has 0 radical (unpaired) electrons. The molecule has 0 aromatic carbocycles. The van der Waals surface area contributed by atoms with Crippen LogP contribution < -0.4 is 0 Å². The summed E-state index contributed by atoms with van der Waals surface area (Å²) in [5, 5.41) is 19.3. The average molecular weight is 239 g/mol. The van der Waals surface area contributed by atoms with Crippen LogP contribution in [0.25, 0.3) is 0 Å². The number of aliphatic hydroxyl groups excluding tert-OH is 1. The molecule has 0 atom stereocenters. The van der Waals surface area contributed by atoms with Gasteiger partial charge in [0, 0.05) is 19.2 Å². The molecule has 7 heteroatoms. The van der Waals surface area contributed by atoms with Gasteiger partial charge in [-0.25, -0.2) is 0 Å². The van der Waals surface area contributed by atoms with Crippen molar-refractivity contribution < 1.29 is 14.8 Å². The van der Waals surface area contributed by atoms with Crippen LogP contribution in [0.5, 0.6) is 0 Å². The van der Waals surface area contributed by atoms with Crippen LogP contribution in [0, 0.1) is 10.1 Å². The molecule has 1 aromatic heterocycles. The molecule has 0 aliphatic heterocycles. The lowest BCUT2D eigenvalue weighted by Gasteiger charge is -2.18. The van der Waals surface area contributed by atoms with Crippen molar-refractivity contribution in [1.29, 1.82) is 0 Å². The summed E-state index contributed by atoms with van der Waals surface area (Å²) in [6.45, 7) is 3.74. The minimum atomic E-state index is -0.586. The van der Waals surface area contributed by atoms with E-state index < -0.39 is 10.8 Å². The van der Waals surface area contributed by atoms with Gasteiger partial charge in [0.2, 0.25) is 0 Å². The minimum Gasteiger partial charge on any atom is -0.395 e. The topological polar surface area (TPSA) is 99.5 Å². The molecule has 0 saturated heterocycles. The Labute approximate surface area is 97.5 Å². The molecule has 0 bridgehead atoms. The lowest BCUT2D eigenvalue weighted by atomic mass is 10.3. The molecule has 7 nitrogen and oxygen atoms in total. The number of amides is 1. The van der Waals surface area contributed by atoms with Crippen LogP contribution in [-0.4, -0.2) is 45.5 Å². The number of rotatable bonds is 6. The van der Waals surface area contributed by atoms with E-state index >= 15 is 0 Å². The quantitative estimate of drug-likeness (QED) is 0.430. The van der Waals surface area contributed by atoms with E-state index in [1.54, 1.807) is 0 Å². The molecule has 17 heavy (non-hydrogen) atoms. The van der Waals surface area contributed by atoms with E-state index in [0.29, 0.717) is 0 Å². The van der Waals surface area contributed by atoms with Crippen molar-refractivity contribution in [2.24, 2.45) is 0 Å². The van der Waals surface area contributed by atoms with Crippen molar-refractivity contribution in [2.75, 3.05) is 19.7 Å². The monoisotopic (exact) mass is 239 g/mol. The molecule has 0 unspecified atom stereocenters. The van der Waals surface area contributed by atoms with Gasteiger partial charge in [-0.05, 0) is 0 Å². The number of nitrogens with one attached hydrogen (secondary N) is 1. The summed E-state index contributed by atoms with van der Waals surface area (Å²) in [4.78, 5) is 25.6. The summed E-state index contributed by atoms with van der Waals surface area (Å²) in [6.07, 6.45) is 2.67. The number of aromatic amines is 1. The Bertz CT molecular complexity index is 427. The number of aromatic nitrogens is 1. The van der Waals surface area contributed by atoms with Crippen molar-refractivity contribution in [2.45, 2.75) is 0 Å². The van der Waals surface area contributed by atoms with Gasteiger partial charge in [0.1, 0.15) is 5.69 Å². The number of hydrogen-bond acceptors (Lipinski definition) is 4. The fraction of sp³-hybridized carbons (Fsp3) is 0.300. The molecule has 1 amide bonds. The van der Waals surface area contributed by atoms with Crippen LogP contribution >= 0.6 is 0 Å². The summed E-state index contributed by atoms with van der Waals surface area (Å²) in [6, 6.07) is 1.16. The Morgan fingerprint density at radius 2 is 2.41 bits per heavy atom. The van der Waals surface area contributed by atoms with Gasteiger partial charge in [-0.3, -0.25) is 14.9 Å². The molecule has 0 aliphatic carbocycles. The summed E-state index contributed by atoms with van der Waals surface area (Å²) >= 11 is 0. The Balaban J connectivity index is 2.84. The standard InChI is InChI=1S/C10H13N3O4/c1-2-3-12(4-5-14)10(15)9-6-8(7-11-9)13(16)17/h2,6-7,11,14H,1,3-5H2. The van der Waals surface area contributed by atoms with E-state index in [1.807, 2.05) is 0 Å². The first-order chi connectivity index (χ1) is 8.10. The molecular weight excluding hydrogens is 226 g/mol. The first kappa shape index (κ1) is 12.9. The maximum atomic E-state index is 11.9. The zero-order chi connectivity index (χ0) is 12.8. The molecule has 0 spiro atoms. The molecule has 0 fully saturated rings. The maximum Gasteiger partial charge on any atom is 0.287 e. The van der Waals surface area contributed by atoms with E-state index in [9.17, 15) is 14.9 Å². The second kappa shape index (κ2) is 5.80.